The number of esters is 2. The molecule has 0 amide bonds. The van der Waals surface area contributed by atoms with Crippen molar-refractivity contribution in [3.63, 3.8) is 0 Å². The van der Waals surface area contributed by atoms with Crippen LogP contribution in [0.25, 0.3) is 90.3 Å². The Balaban J connectivity index is 0.668. The molecule has 12 heteroatoms. The van der Waals surface area contributed by atoms with Crippen molar-refractivity contribution in [3.8, 4) is 102 Å². The third-order valence-corrected chi connectivity index (χ3v) is 22.9. The summed E-state index contributed by atoms with van der Waals surface area (Å²) < 4.78 is 27.5. The van der Waals surface area contributed by atoms with E-state index in [0.717, 1.165) is 133 Å². The molecule has 0 unspecified atom stereocenters. The predicted molar refractivity (Wildman–Crippen MR) is 434 cm³/mol. The van der Waals surface area contributed by atoms with Gasteiger partial charge >= 0.3 is 11.9 Å². The zero-order valence-electron chi connectivity index (χ0n) is 62.8. The van der Waals surface area contributed by atoms with Gasteiger partial charge in [0.2, 0.25) is 0 Å². The summed E-state index contributed by atoms with van der Waals surface area (Å²) in [5.41, 5.74) is 16.4. The van der Waals surface area contributed by atoms with Crippen LogP contribution in [0.3, 0.4) is 0 Å². The Kier molecular flexibility index (Phi) is 24.7. The van der Waals surface area contributed by atoms with Crippen molar-refractivity contribution in [3.05, 3.63) is 256 Å². The fourth-order valence-electron chi connectivity index (χ4n) is 17.5. The highest BCUT2D eigenvalue weighted by molar-refractivity contribution is 5.88. The van der Waals surface area contributed by atoms with Crippen molar-refractivity contribution in [2.75, 3.05) is 13.2 Å². The fraction of sp³-hybridized carbons (Fsp3) is 0.347. The molecule has 10 aromatic rings. The van der Waals surface area contributed by atoms with E-state index in [0.29, 0.717) is 26.1 Å². The topological polar surface area (TPSA) is 132 Å². The third-order valence-electron chi connectivity index (χ3n) is 22.9. The van der Waals surface area contributed by atoms with Crippen LogP contribution in [0.2, 0.25) is 0 Å². The normalized spacial score (nSPS) is 16.1. The Morgan fingerprint density at radius 2 is 0.664 bits per heavy atom. The Morgan fingerprint density at radius 1 is 0.374 bits per heavy atom. The Hall–Kier alpha value is -10.5. The quantitative estimate of drug-likeness (QED) is 0.0209. The van der Waals surface area contributed by atoms with Gasteiger partial charge in [-0.05, 0) is 216 Å². The highest BCUT2D eigenvalue weighted by Gasteiger charge is 2.67. The molecule has 0 saturated heterocycles. The number of benzene rings is 8. The van der Waals surface area contributed by atoms with Crippen LogP contribution in [0.15, 0.2) is 245 Å². The first-order valence-corrected chi connectivity index (χ1v) is 39.3. The van der Waals surface area contributed by atoms with Crippen LogP contribution in [0.4, 0.5) is 0 Å². The van der Waals surface area contributed by atoms with Gasteiger partial charge in [-0.15, -0.1) is 20.4 Å². The lowest BCUT2D eigenvalue weighted by atomic mass is 9.38. The number of nitrogens with zero attached hydrogens (tertiary/aromatic N) is 6. The van der Waals surface area contributed by atoms with Gasteiger partial charge in [0.25, 0.3) is 0 Å². The molecule has 0 atom stereocenters. The van der Waals surface area contributed by atoms with Gasteiger partial charge in [-0.2, -0.15) is 0 Å². The number of carbonyl (C=O) groups is 2. The van der Waals surface area contributed by atoms with Crippen LogP contribution < -0.4 is 9.47 Å². The highest BCUT2D eigenvalue weighted by atomic mass is 16.5. The van der Waals surface area contributed by atoms with Gasteiger partial charge in [-0.3, -0.25) is 18.7 Å². The minimum atomic E-state index is -0.411. The summed E-state index contributed by atoms with van der Waals surface area (Å²) >= 11 is 0. The lowest BCUT2D eigenvalue weighted by molar-refractivity contribution is -0.146. The van der Waals surface area contributed by atoms with E-state index < -0.39 is 12.2 Å². The molecule has 8 aromatic carbocycles. The molecule has 13 rings (SSSR count). The summed E-state index contributed by atoms with van der Waals surface area (Å²) in [5, 5.41) is 19.6. The van der Waals surface area contributed by atoms with Crippen LogP contribution in [0, 0.1) is 10.8 Å². The van der Waals surface area contributed by atoms with Gasteiger partial charge in [0.15, 0.2) is 23.3 Å². The minimum Gasteiger partial charge on any atom is -0.494 e. The van der Waals surface area contributed by atoms with E-state index in [2.05, 4.69) is 207 Å². The maximum atomic E-state index is 12.0. The van der Waals surface area contributed by atoms with Gasteiger partial charge in [-0.1, -0.05) is 239 Å². The van der Waals surface area contributed by atoms with Crippen molar-refractivity contribution in [2.45, 2.75) is 186 Å². The van der Waals surface area contributed by atoms with E-state index in [-0.39, 0.29) is 28.2 Å². The van der Waals surface area contributed by atoms with Gasteiger partial charge in [0.05, 0.1) is 13.2 Å². The first kappa shape index (κ1) is 74.8. The molecule has 2 bridgehead atoms. The summed E-state index contributed by atoms with van der Waals surface area (Å²) in [6.45, 7) is 21.3. The number of carbonyl (C=O) groups excluding carboxylic acids is 2. The Morgan fingerprint density at radius 3 is 0.991 bits per heavy atom. The summed E-state index contributed by atoms with van der Waals surface area (Å²) in [7, 11) is 0. The number of para-hydroxylation sites is 2. The zero-order valence-corrected chi connectivity index (χ0v) is 62.8. The number of rotatable bonds is 38. The molecular formula is C95H104N6O6. The average Bonchev–Trinajstić information content (AvgIpc) is 1.53. The predicted octanol–water partition coefficient (Wildman–Crippen LogP) is 23.8. The molecule has 3 aliphatic carbocycles. The number of unbranched alkanes of at least 4 members (excludes halogenated alkanes) is 14. The van der Waals surface area contributed by atoms with Gasteiger partial charge in [-0.25, -0.2) is 0 Å². The van der Waals surface area contributed by atoms with Gasteiger partial charge in [0, 0.05) is 51.9 Å². The SMILES string of the molecule is C=CC(C=C)OC(=O)CCCCCCCCCCOc1ccc(-c2nnc(-c3ccc(-c4ccc5c(c4)C4(c6cc(-c7ccc(-c8nnc(-c9ccc(OCCCCCCCCCCC(=O)OC(C=C)C=C)cc9)n8-c8ccccc8)cc7)ccc6-5)C5(C)CCCC4(C)CCC5)cc3)n2-c2ccccc2)cc1. The molecule has 2 heterocycles. The first-order valence-electron chi connectivity index (χ1n) is 39.3. The van der Waals surface area contributed by atoms with E-state index in [4.69, 9.17) is 39.3 Å². The number of ether oxygens (including phenoxy) is 4. The highest BCUT2D eigenvalue weighted by Crippen LogP contribution is 2.74. The molecule has 2 fully saturated rings. The third kappa shape index (κ3) is 16.7. The molecule has 2 saturated carbocycles. The number of hydrogen-bond acceptors (Lipinski definition) is 10. The lowest BCUT2D eigenvalue weighted by Crippen LogP contribution is -2.59. The van der Waals surface area contributed by atoms with Crippen molar-refractivity contribution in [1.82, 2.24) is 29.5 Å². The molecule has 0 radical (unpaired) electrons. The molecule has 107 heavy (non-hydrogen) atoms. The molecular weight excluding hydrogens is 1320 g/mol. The number of fused-ring (bicyclic) bond motifs is 3. The monoisotopic (exact) mass is 1420 g/mol. The van der Waals surface area contributed by atoms with E-state index in [9.17, 15) is 9.59 Å². The molecule has 1 spiro atoms. The Labute approximate surface area is 633 Å². The van der Waals surface area contributed by atoms with Crippen LogP contribution >= 0.6 is 0 Å². The average molecular weight is 1430 g/mol. The van der Waals surface area contributed by atoms with E-state index in [1.54, 1.807) is 24.3 Å². The minimum absolute atomic E-state index is 0.0706. The van der Waals surface area contributed by atoms with Crippen molar-refractivity contribution in [1.29, 1.82) is 0 Å². The second-order valence-corrected chi connectivity index (χ2v) is 30.0. The summed E-state index contributed by atoms with van der Waals surface area (Å²) in [6.07, 6.45) is 31.0. The Bertz CT molecular complexity index is 4330. The van der Waals surface area contributed by atoms with E-state index in [1.165, 1.54) is 122 Å². The van der Waals surface area contributed by atoms with Crippen molar-refractivity contribution >= 4 is 11.9 Å². The van der Waals surface area contributed by atoms with Crippen LogP contribution in [-0.4, -0.2) is 66.9 Å². The van der Waals surface area contributed by atoms with Crippen molar-refractivity contribution in [2.24, 2.45) is 10.8 Å². The summed E-state index contributed by atoms with van der Waals surface area (Å²) in [4.78, 5) is 24.1. The number of aromatic nitrogens is 6. The van der Waals surface area contributed by atoms with Gasteiger partial charge < -0.3 is 18.9 Å². The summed E-state index contributed by atoms with van der Waals surface area (Å²) in [6, 6.07) is 70.0. The molecule has 0 N–H and O–H groups in total. The second kappa shape index (κ2) is 35.3. The van der Waals surface area contributed by atoms with Crippen LogP contribution in [0.5, 0.6) is 11.5 Å². The maximum Gasteiger partial charge on any atom is 0.306 e. The maximum absolute atomic E-state index is 12.0. The van der Waals surface area contributed by atoms with Crippen LogP contribution in [-0.2, 0) is 24.5 Å². The van der Waals surface area contributed by atoms with E-state index >= 15 is 0 Å². The fourth-order valence-corrected chi connectivity index (χ4v) is 17.5. The molecule has 2 aromatic heterocycles. The largest absolute Gasteiger partial charge is 0.494 e. The van der Waals surface area contributed by atoms with Gasteiger partial charge in [0.1, 0.15) is 23.7 Å². The molecule has 550 valence electrons. The number of hydrogen-bond donors (Lipinski definition) is 0. The summed E-state index contributed by atoms with van der Waals surface area (Å²) in [5.74, 6) is 4.40. The molecule has 12 nitrogen and oxygen atoms in total. The standard InChI is InChI=1S/C95H104N6O6/c1-7-79(8-2)106-87(102)39-29-19-15-11-13-17-21-31-65-104-81-55-49-73(50-56-81)91-98-96-89(100(91)77-35-25-23-26-36-77)71-45-41-69(42-46-71)75-53-59-83-84-60-54-76(68-86(84)95(85(83)67-75)93(5)61-33-63-94(95,6)64-34-62-93)70-43-47-72(48-44-70)90-97-99-92(101(90)78-37-27-24-28-38-78)74-51-57-82(58-52-74)105-66-32-22-18-14-12-16-20-30-40-88(103)107-80(9-3)10-4/h7-10,23-28,35-38,41-60,67-68,79-80H,1-4,11-22,29-34,39-40,61-66H2,5-6H3. The lowest BCUT2D eigenvalue weighted by Gasteiger charge is -2.65. The molecule has 0 aliphatic heterocycles. The smallest absolute Gasteiger partial charge is 0.306 e. The van der Waals surface area contributed by atoms with Crippen molar-refractivity contribution < 1.29 is 28.5 Å². The second-order valence-electron chi connectivity index (χ2n) is 30.0. The zero-order chi connectivity index (χ0) is 74.0. The first-order chi connectivity index (χ1) is 52.4. The van der Waals surface area contributed by atoms with E-state index in [1.807, 2.05) is 36.4 Å². The molecule has 3 aliphatic rings. The van der Waals surface area contributed by atoms with Crippen LogP contribution in [0.1, 0.15) is 179 Å².